The minimum absolute atomic E-state index is 0.00330. The van der Waals surface area contributed by atoms with Crippen molar-refractivity contribution in [1.29, 1.82) is 0 Å². The van der Waals surface area contributed by atoms with Crippen LogP contribution in [-0.2, 0) is 31.1 Å². The molecule has 0 atom stereocenters. The van der Waals surface area contributed by atoms with E-state index in [0.717, 1.165) is 57.8 Å². The first kappa shape index (κ1) is 39.9. The molecule has 3 nitrogen and oxygen atoms in total. The molecular weight excluding hydrogens is 819 g/mol. The van der Waals surface area contributed by atoms with Crippen LogP contribution < -0.4 is 0 Å². The van der Waals surface area contributed by atoms with Gasteiger partial charge in [0.05, 0.1) is 56.4 Å². The number of benzene rings is 4. The molecule has 306 valence electrons. The summed E-state index contributed by atoms with van der Waals surface area (Å²) in [4.78, 5) is 4.33. The SMILES string of the molecule is Cc1cc(-c2cc(-n3c4c(c5ccc(C(F)(F)F)cc53)CCC(C(F)(F)F)=C4)ncc2-n2c3cc(C(F)(F)F)ccc3c3ccc(C(F)(F)F)cc32)cc(C(F)(F)F)c1. The molecule has 0 aliphatic heterocycles. The van der Waals surface area contributed by atoms with E-state index in [1.807, 2.05) is 0 Å². The number of aromatic nitrogens is 3. The molecule has 0 fully saturated rings. The number of hydrogen-bond acceptors (Lipinski definition) is 1. The van der Waals surface area contributed by atoms with Crippen molar-refractivity contribution in [1.82, 2.24) is 14.1 Å². The molecule has 0 radical (unpaired) electrons. The number of nitrogens with zero attached hydrogens (tertiary/aromatic N) is 3. The molecule has 18 heteroatoms. The summed E-state index contributed by atoms with van der Waals surface area (Å²) in [5.41, 5.74) is -7.92. The number of aryl methyl sites for hydroxylation is 2. The lowest BCUT2D eigenvalue weighted by Crippen LogP contribution is -2.16. The monoisotopic (exact) mass is 841 g/mol. The van der Waals surface area contributed by atoms with Crippen molar-refractivity contribution < 1.29 is 65.9 Å². The van der Waals surface area contributed by atoms with E-state index < -0.39 is 70.9 Å². The zero-order chi connectivity index (χ0) is 42.8. The summed E-state index contributed by atoms with van der Waals surface area (Å²) >= 11 is 0. The summed E-state index contributed by atoms with van der Waals surface area (Å²) in [6.45, 7) is 1.28. The van der Waals surface area contributed by atoms with E-state index in [-0.39, 0.29) is 72.8 Å². The molecule has 3 aromatic heterocycles. The Labute approximate surface area is 321 Å². The van der Waals surface area contributed by atoms with Gasteiger partial charge in [-0.25, -0.2) is 4.98 Å². The van der Waals surface area contributed by atoms with E-state index in [1.54, 1.807) is 0 Å². The number of halogens is 15. The smallest absolute Gasteiger partial charge is 0.307 e. The molecule has 59 heavy (non-hydrogen) atoms. The van der Waals surface area contributed by atoms with Gasteiger partial charge in [0.15, 0.2) is 0 Å². The number of alkyl halides is 15. The molecule has 0 saturated heterocycles. The van der Waals surface area contributed by atoms with Crippen molar-refractivity contribution in [2.45, 2.75) is 50.6 Å². The second-order valence-corrected chi connectivity index (χ2v) is 14.0. The molecule has 0 unspecified atom stereocenters. The molecule has 3 heterocycles. The molecule has 1 aliphatic carbocycles. The number of hydrogen-bond donors (Lipinski definition) is 0. The highest BCUT2D eigenvalue weighted by atomic mass is 19.4. The predicted octanol–water partition coefficient (Wildman–Crippen LogP) is 14.1. The van der Waals surface area contributed by atoms with Gasteiger partial charge in [0.2, 0.25) is 0 Å². The van der Waals surface area contributed by atoms with Crippen molar-refractivity contribution in [3.8, 4) is 22.6 Å². The maximum Gasteiger partial charge on any atom is 0.416 e. The second-order valence-electron chi connectivity index (χ2n) is 14.0. The average molecular weight is 842 g/mol. The lowest BCUT2D eigenvalue weighted by molar-refractivity contribution is -0.138. The van der Waals surface area contributed by atoms with Gasteiger partial charge in [-0.15, -0.1) is 0 Å². The lowest BCUT2D eigenvalue weighted by atomic mass is 9.94. The van der Waals surface area contributed by atoms with E-state index in [0.29, 0.717) is 36.4 Å². The highest BCUT2D eigenvalue weighted by molar-refractivity contribution is 6.10. The fourth-order valence-corrected chi connectivity index (χ4v) is 7.63. The molecule has 0 saturated carbocycles. The van der Waals surface area contributed by atoms with Gasteiger partial charge in [0.1, 0.15) is 5.82 Å². The van der Waals surface area contributed by atoms with Crippen LogP contribution in [0.4, 0.5) is 65.9 Å². The number of rotatable bonds is 3. The zero-order valence-corrected chi connectivity index (χ0v) is 29.6. The van der Waals surface area contributed by atoms with Crippen molar-refractivity contribution in [3.05, 3.63) is 130 Å². The highest BCUT2D eigenvalue weighted by Crippen LogP contribution is 2.45. The number of allylic oxidation sites excluding steroid dienone is 1. The topological polar surface area (TPSA) is 22.8 Å². The molecule has 0 bridgehead atoms. The van der Waals surface area contributed by atoms with Gasteiger partial charge in [-0.2, -0.15) is 65.9 Å². The quantitative estimate of drug-likeness (QED) is 0.163. The third kappa shape index (κ3) is 6.94. The first-order valence-corrected chi connectivity index (χ1v) is 17.3. The van der Waals surface area contributed by atoms with Crippen LogP contribution in [0.25, 0.3) is 61.4 Å². The summed E-state index contributed by atoms with van der Waals surface area (Å²) in [5, 5.41) is 0.119. The van der Waals surface area contributed by atoms with Crippen molar-refractivity contribution in [2.24, 2.45) is 0 Å². The fraction of sp³-hybridized carbons (Fsp3) is 0.195. The summed E-state index contributed by atoms with van der Waals surface area (Å²) in [7, 11) is 0. The van der Waals surface area contributed by atoms with Gasteiger partial charge in [0, 0.05) is 27.3 Å². The van der Waals surface area contributed by atoms with Crippen LogP contribution in [0.3, 0.4) is 0 Å². The largest absolute Gasteiger partial charge is 0.416 e. The third-order valence-corrected chi connectivity index (χ3v) is 10.2. The highest BCUT2D eigenvalue weighted by Gasteiger charge is 2.39. The van der Waals surface area contributed by atoms with Crippen LogP contribution in [0, 0.1) is 6.92 Å². The minimum Gasteiger partial charge on any atom is -0.307 e. The Morgan fingerprint density at radius 3 is 1.47 bits per heavy atom. The van der Waals surface area contributed by atoms with Crippen LogP contribution in [-0.4, -0.2) is 20.3 Å². The van der Waals surface area contributed by atoms with E-state index >= 15 is 0 Å². The van der Waals surface area contributed by atoms with E-state index in [9.17, 15) is 65.9 Å². The standard InChI is InChI=1S/C41H22F15N3/c1-19-10-20(12-25(11-19)41(54,55)56)30-17-36(59-33-15-23(39(48,49)50)4-8-28(33)29-9-5-24(16-34(29)59)40(51,52)53)57-18-35(30)58-31-13-21(37(42,43)44)2-6-26(31)27-7-3-22(14-32(27)58)38(45,46)47/h2-4,6-8,10-18H,5,9H2,1H3. The predicted molar refractivity (Wildman–Crippen MR) is 188 cm³/mol. The maximum atomic E-state index is 14.3. The van der Waals surface area contributed by atoms with Gasteiger partial charge in [-0.1, -0.05) is 24.3 Å². The summed E-state index contributed by atoms with van der Waals surface area (Å²) < 4.78 is 214. The first-order valence-electron chi connectivity index (χ1n) is 17.3. The molecule has 8 rings (SSSR count). The molecular formula is C41H22F15N3. The van der Waals surface area contributed by atoms with Crippen LogP contribution >= 0.6 is 0 Å². The van der Waals surface area contributed by atoms with Gasteiger partial charge >= 0.3 is 30.9 Å². The van der Waals surface area contributed by atoms with Crippen molar-refractivity contribution in [2.75, 3.05) is 0 Å². The maximum absolute atomic E-state index is 14.3. The molecule has 4 aromatic carbocycles. The fourth-order valence-electron chi connectivity index (χ4n) is 7.63. The lowest BCUT2D eigenvalue weighted by Gasteiger charge is -2.20. The van der Waals surface area contributed by atoms with Gasteiger partial charge in [-0.3, -0.25) is 4.57 Å². The Bertz CT molecular complexity index is 2810. The Balaban J connectivity index is 1.52. The van der Waals surface area contributed by atoms with E-state index in [1.165, 1.54) is 13.0 Å². The van der Waals surface area contributed by atoms with E-state index in [4.69, 9.17) is 0 Å². The molecule has 0 N–H and O–H groups in total. The van der Waals surface area contributed by atoms with Gasteiger partial charge in [-0.05, 0) is 97.1 Å². The van der Waals surface area contributed by atoms with Gasteiger partial charge in [0.25, 0.3) is 0 Å². The second kappa shape index (κ2) is 13.0. The Kier molecular flexibility index (Phi) is 8.80. The normalized spacial score (nSPS) is 14.4. The number of fused-ring (bicyclic) bond motifs is 6. The van der Waals surface area contributed by atoms with Crippen molar-refractivity contribution >= 4 is 38.8 Å². The molecule has 7 aromatic rings. The van der Waals surface area contributed by atoms with Crippen LogP contribution in [0.1, 0.15) is 45.5 Å². The van der Waals surface area contributed by atoms with E-state index in [2.05, 4.69) is 4.98 Å². The minimum atomic E-state index is -4.98. The van der Waals surface area contributed by atoms with Crippen LogP contribution in [0.15, 0.2) is 90.6 Å². The Hall–Kier alpha value is -5.94. The van der Waals surface area contributed by atoms with Crippen molar-refractivity contribution in [3.63, 3.8) is 0 Å². The number of pyridine rings is 1. The van der Waals surface area contributed by atoms with Gasteiger partial charge < -0.3 is 4.57 Å². The zero-order valence-electron chi connectivity index (χ0n) is 29.6. The summed E-state index contributed by atoms with van der Waals surface area (Å²) in [6.07, 6.45) is -23.9. The molecule has 0 amide bonds. The summed E-state index contributed by atoms with van der Waals surface area (Å²) in [6, 6.07) is 10.8. The average Bonchev–Trinajstić information content (AvgIpc) is 3.64. The van der Waals surface area contributed by atoms with Crippen LogP contribution in [0.2, 0.25) is 0 Å². The molecule has 1 aliphatic rings. The first-order chi connectivity index (χ1) is 27.3. The molecule has 0 spiro atoms. The summed E-state index contributed by atoms with van der Waals surface area (Å²) in [5.74, 6) is -0.420. The Morgan fingerprint density at radius 2 is 0.983 bits per heavy atom. The van der Waals surface area contributed by atoms with Crippen LogP contribution in [0.5, 0.6) is 0 Å². The third-order valence-electron chi connectivity index (χ3n) is 10.2. The Morgan fingerprint density at radius 1 is 0.492 bits per heavy atom.